The molecule has 0 aliphatic carbocycles. The number of likely N-dealkylation sites (tertiary alicyclic amines) is 1. The maximum Gasteiger partial charge on any atom is 0.233 e. The monoisotopic (exact) mass is 334 g/mol. The second-order valence-corrected chi connectivity index (χ2v) is 6.22. The van der Waals surface area contributed by atoms with E-state index in [4.69, 9.17) is 11.6 Å². The van der Waals surface area contributed by atoms with E-state index in [0.717, 1.165) is 5.56 Å². The van der Waals surface area contributed by atoms with Crippen molar-refractivity contribution < 1.29 is 9.31 Å². The van der Waals surface area contributed by atoms with Crippen molar-refractivity contribution in [3.8, 4) is 0 Å². The summed E-state index contributed by atoms with van der Waals surface area (Å²) in [7, 11) is 0. The predicted molar refractivity (Wildman–Crippen MR) is 86.7 cm³/mol. The molecule has 0 aromatic heterocycles. The van der Waals surface area contributed by atoms with Gasteiger partial charge in [0.15, 0.2) is 0 Å². The van der Waals surface area contributed by atoms with Crippen LogP contribution in [0.4, 0.5) is 4.39 Å². The number of nitro groups is 1. The summed E-state index contributed by atoms with van der Waals surface area (Å²) in [5.41, 5.74) is 1.74. The lowest BCUT2D eigenvalue weighted by Crippen LogP contribution is -2.28. The smallest absolute Gasteiger partial charge is 0.233 e. The molecule has 1 aliphatic heterocycles. The fraction of sp³-hybridized carbons (Fsp3) is 0.294. The third-order valence-corrected chi connectivity index (χ3v) is 4.56. The highest BCUT2D eigenvalue weighted by atomic mass is 35.5. The molecule has 2 atom stereocenters. The standard InChI is InChI=1S/C17H16ClFN2O2/c18-15-7-6-13(8-16(15)19)14-10-20(11-17(14)21(22)23)9-12-4-2-1-3-5-12/h1-8,14,17H,9-11H2/t14-,17-/m1/s1. The van der Waals surface area contributed by atoms with Crippen LogP contribution in [-0.2, 0) is 6.54 Å². The van der Waals surface area contributed by atoms with Crippen LogP contribution in [0.25, 0.3) is 0 Å². The minimum atomic E-state index is -0.737. The molecule has 2 aromatic carbocycles. The lowest BCUT2D eigenvalue weighted by Gasteiger charge is -2.15. The van der Waals surface area contributed by atoms with Gasteiger partial charge < -0.3 is 0 Å². The molecule has 1 heterocycles. The first-order valence-electron chi connectivity index (χ1n) is 7.39. The van der Waals surface area contributed by atoms with Crippen LogP contribution in [0, 0.1) is 15.9 Å². The van der Waals surface area contributed by atoms with Crippen molar-refractivity contribution in [2.75, 3.05) is 13.1 Å². The molecule has 6 heteroatoms. The molecule has 0 unspecified atom stereocenters. The highest BCUT2D eigenvalue weighted by molar-refractivity contribution is 6.30. The Morgan fingerprint density at radius 3 is 2.61 bits per heavy atom. The van der Waals surface area contributed by atoms with Crippen LogP contribution in [0.1, 0.15) is 17.0 Å². The molecule has 23 heavy (non-hydrogen) atoms. The lowest BCUT2D eigenvalue weighted by molar-refractivity contribution is -0.521. The second kappa shape index (κ2) is 6.64. The first kappa shape index (κ1) is 15.9. The Morgan fingerprint density at radius 2 is 1.96 bits per heavy atom. The summed E-state index contributed by atoms with van der Waals surface area (Å²) in [6, 6.07) is 13.5. The van der Waals surface area contributed by atoms with Gasteiger partial charge in [0.1, 0.15) is 5.82 Å². The molecule has 0 N–H and O–H groups in total. The van der Waals surface area contributed by atoms with Crippen LogP contribution in [0.3, 0.4) is 0 Å². The molecule has 0 saturated carbocycles. The van der Waals surface area contributed by atoms with Gasteiger partial charge in [0.25, 0.3) is 0 Å². The molecular formula is C17H16ClFN2O2. The van der Waals surface area contributed by atoms with Crippen LogP contribution in [0.5, 0.6) is 0 Å². The zero-order valence-electron chi connectivity index (χ0n) is 12.4. The maximum atomic E-state index is 13.7. The summed E-state index contributed by atoms with van der Waals surface area (Å²) in [6.07, 6.45) is 0. The number of nitrogens with zero attached hydrogens (tertiary/aromatic N) is 2. The zero-order chi connectivity index (χ0) is 16.4. The molecular weight excluding hydrogens is 319 g/mol. The van der Waals surface area contributed by atoms with E-state index in [1.54, 1.807) is 6.07 Å². The van der Waals surface area contributed by atoms with Crippen molar-refractivity contribution in [1.29, 1.82) is 0 Å². The molecule has 1 aliphatic rings. The average Bonchev–Trinajstić information content (AvgIpc) is 2.95. The van der Waals surface area contributed by atoms with Crippen molar-refractivity contribution in [3.63, 3.8) is 0 Å². The fourth-order valence-corrected chi connectivity index (χ4v) is 3.24. The van der Waals surface area contributed by atoms with Crippen molar-refractivity contribution >= 4 is 11.6 Å². The van der Waals surface area contributed by atoms with E-state index in [0.29, 0.717) is 25.2 Å². The summed E-state index contributed by atoms with van der Waals surface area (Å²) in [4.78, 5) is 13.2. The quantitative estimate of drug-likeness (QED) is 0.632. The normalized spacial score (nSPS) is 21.5. The van der Waals surface area contributed by atoms with Gasteiger partial charge >= 0.3 is 0 Å². The zero-order valence-corrected chi connectivity index (χ0v) is 13.1. The Kier molecular flexibility index (Phi) is 4.59. The third kappa shape index (κ3) is 3.51. The van der Waals surface area contributed by atoms with E-state index >= 15 is 0 Å². The van der Waals surface area contributed by atoms with Gasteiger partial charge in [-0.15, -0.1) is 0 Å². The van der Waals surface area contributed by atoms with Crippen LogP contribution in [0.15, 0.2) is 48.5 Å². The minimum absolute atomic E-state index is 0.0329. The minimum Gasteiger partial charge on any atom is -0.292 e. The van der Waals surface area contributed by atoms with Crippen molar-refractivity contribution in [2.45, 2.75) is 18.5 Å². The molecule has 0 amide bonds. The number of halogens is 2. The summed E-state index contributed by atoms with van der Waals surface area (Å²) in [5, 5.41) is 11.4. The van der Waals surface area contributed by atoms with E-state index < -0.39 is 11.9 Å². The van der Waals surface area contributed by atoms with E-state index in [1.807, 2.05) is 35.2 Å². The first-order valence-corrected chi connectivity index (χ1v) is 7.77. The van der Waals surface area contributed by atoms with Gasteiger partial charge in [-0.1, -0.05) is 48.0 Å². The number of hydrogen-bond donors (Lipinski definition) is 0. The van der Waals surface area contributed by atoms with E-state index in [2.05, 4.69) is 0 Å². The Labute approximate surface area is 138 Å². The lowest BCUT2D eigenvalue weighted by atomic mass is 9.95. The van der Waals surface area contributed by atoms with E-state index in [-0.39, 0.29) is 15.9 Å². The Balaban J connectivity index is 1.81. The van der Waals surface area contributed by atoms with Crippen molar-refractivity contribution in [3.05, 3.63) is 80.6 Å². The van der Waals surface area contributed by atoms with Gasteiger partial charge in [0, 0.05) is 18.0 Å². The molecule has 0 spiro atoms. The first-order chi connectivity index (χ1) is 11.0. The highest BCUT2D eigenvalue weighted by Crippen LogP contribution is 2.32. The summed E-state index contributed by atoms with van der Waals surface area (Å²) < 4.78 is 13.7. The maximum absolute atomic E-state index is 13.7. The number of hydrogen-bond acceptors (Lipinski definition) is 3. The second-order valence-electron chi connectivity index (χ2n) is 5.81. The van der Waals surface area contributed by atoms with E-state index in [1.165, 1.54) is 12.1 Å². The van der Waals surface area contributed by atoms with Crippen molar-refractivity contribution in [2.24, 2.45) is 0 Å². The Bertz CT molecular complexity index is 711. The molecule has 3 rings (SSSR count). The Morgan fingerprint density at radius 1 is 1.22 bits per heavy atom. The van der Waals surface area contributed by atoms with Crippen LogP contribution < -0.4 is 0 Å². The molecule has 1 saturated heterocycles. The number of rotatable bonds is 4. The summed E-state index contributed by atoms with van der Waals surface area (Å²) in [5.74, 6) is -0.867. The number of benzene rings is 2. The molecule has 4 nitrogen and oxygen atoms in total. The SMILES string of the molecule is O=[N+]([O-])[C@@H]1CN(Cc2ccccc2)C[C@@H]1c1ccc(Cl)c(F)c1. The molecule has 2 aromatic rings. The highest BCUT2D eigenvalue weighted by Gasteiger charge is 2.41. The van der Waals surface area contributed by atoms with E-state index in [9.17, 15) is 14.5 Å². The third-order valence-electron chi connectivity index (χ3n) is 4.26. The van der Waals surface area contributed by atoms with Gasteiger partial charge in [-0.3, -0.25) is 15.0 Å². The van der Waals surface area contributed by atoms with Crippen molar-refractivity contribution in [1.82, 2.24) is 4.90 Å². The predicted octanol–water partition coefficient (Wildman–Crippen LogP) is 3.72. The van der Waals surface area contributed by atoms with Gasteiger partial charge in [0.2, 0.25) is 6.04 Å². The molecule has 1 fully saturated rings. The van der Waals surface area contributed by atoms with Crippen LogP contribution in [-0.4, -0.2) is 29.0 Å². The Hall–Kier alpha value is -1.98. The summed E-state index contributed by atoms with van der Waals surface area (Å²) >= 11 is 5.70. The molecule has 0 radical (unpaired) electrons. The molecule has 120 valence electrons. The van der Waals surface area contributed by atoms with Gasteiger partial charge in [0.05, 0.1) is 17.5 Å². The van der Waals surface area contributed by atoms with Gasteiger partial charge in [-0.05, 0) is 23.3 Å². The van der Waals surface area contributed by atoms with Crippen LogP contribution in [0.2, 0.25) is 5.02 Å². The fourth-order valence-electron chi connectivity index (χ4n) is 3.12. The average molecular weight is 335 g/mol. The summed E-state index contributed by atoms with van der Waals surface area (Å²) in [6.45, 7) is 1.54. The topological polar surface area (TPSA) is 46.4 Å². The largest absolute Gasteiger partial charge is 0.292 e. The van der Waals surface area contributed by atoms with Gasteiger partial charge in [-0.25, -0.2) is 4.39 Å². The van der Waals surface area contributed by atoms with Gasteiger partial charge in [-0.2, -0.15) is 0 Å². The van der Waals surface area contributed by atoms with Crippen LogP contribution >= 0.6 is 11.6 Å². The molecule has 0 bridgehead atoms.